The van der Waals surface area contributed by atoms with Crippen LogP contribution in [-0.4, -0.2) is 24.5 Å². The molecule has 2 amide bonds. The second-order valence-electron chi connectivity index (χ2n) is 6.89. The molecule has 1 aromatic heterocycles. The van der Waals surface area contributed by atoms with E-state index in [1.807, 2.05) is 61.7 Å². The molecule has 0 fully saturated rings. The molecule has 0 spiro atoms. The molecule has 0 unspecified atom stereocenters. The molecule has 0 saturated heterocycles. The van der Waals surface area contributed by atoms with Crippen molar-refractivity contribution in [2.24, 2.45) is 0 Å². The van der Waals surface area contributed by atoms with Gasteiger partial charge >= 0.3 is 0 Å². The Balaban J connectivity index is 1.65. The summed E-state index contributed by atoms with van der Waals surface area (Å²) in [7, 11) is 0. The standard InChI is InChI=1S/C24H24N2O3S/c1-17-10-12-20(13-11-17)29-16-18(2)25-24(28)22(15-21-9-6-14-30-21)26-23(27)19-7-4-3-5-8-19/h3-15,18H,16H2,1-2H3,(H,25,28)(H,26,27)/b22-15-/t18-/m1/s1. The highest BCUT2D eigenvalue weighted by molar-refractivity contribution is 7.10. The highest BCUT2D eigenvalue weighted by atomic mass is 32.1. The van der Waals surface area contributed by atoms with Gasteiger partial charge in [0.2, 0.25) is 0 Å². The number of hydrogen-bond donors (Lipinski definition) is 2. The lowest BCUT2D eigenvalue weighted by Crippen LogP contribution is -2.41. The molecule has 1 atom stereocenters. The third-order valence-corrected chi connectivity index (χ3v) is 5.08. The van der Waals surface area contributed by atoms with E-state index in [2.05, 4.69) is 10.6 Å². The van der Waals surface area contributed by atoms with Gasteiger partial charge in [-0.2, -0.15) is 0 Å². The minimum absolute atomic E-state index is 0.188. The zero-order valence-electron chi connectivity index (χ0n) is 16.9. The molecule has 5 nitrogen and oxygen atoms in total. The van der Waals surface area contributed by atoms with Gasteiger partial charge in [-0.25, -0.2) is 0 Å². The lowest BCUT2D eigenvalue weighted by Gasteiger charge is -2.17. The molecular formula is C24H24N2O3S. The first-order chi connectivity index (χ1) is 14.5. The van der Waals surface area contributed by atoms with Crippen LogP contribution in [0, 0.1) is 6.92 Å². The summed E-state index contributed by atoms with van der Waals surface area (Å²) in [5, 5.41) is 7.54. The molecule has 154 valence electrons. The fourth-order valence-corrected chi connectivity index (χ4v) is 3.31. The van der Waals surface area contributed by atoms with Crippen molar-refractivity contribution in [3.8, 4) is 5.75 Å². The zero-order valence-corrected chi connectivity index (χ0v) is 17.7. The number of carbonyl (C=O) groups excluding carboxylic acids is 2. The maximum atomic E-state index is 12.9. The molecule has 3 rings (SSSR count). The third kappa shape index (κ3) is 6.32. The number of nitrogens with one attached hydrogen (secondary N) is 2. The molecule has 30 heavy (non-hydrogen) atoms. The van der Waals surface area contributed by atoms with Crippen LogP contribution >= 0.6 is 11.3 Å². The van der Waals surface area contributed by atoms with Crippen LogP contribution in [0.1, 0.15) is 27.7 Å². The van der Waals surface area contributed by atoms with Gasteiger partial charge < -0.3 is 15.4 Å². The Morgan fingerprint density at radius 1 is 1.03 bits per heavy atom. The van der Waals surface area contributed by atoms with E-state index < -0.39 is 0 Å². The molecule has 0 aliphatic carbocycles. The van der Waals surface area contributed by atoms with Crippen LogP contribution in [0.3, 0.4) is 0 Å². The number of ether oxygens (including phenoxy) is 1. The summed E-state index contributed by atoms with van der Waals surface area (Å²) in [6.45, 7) is 4.18. The van der Waals surface area contributed by atoms with Crippen LogP contribution in [0.2, 0.25) is 0 Å². The lowest BCUT2D eigenvalue weighted by molar-refractivity contribution is -0.118. The molecule has 1 heterocycles. The maximum Gasteiger partial charge on any atom is 0.268 e. The summed E-state index contributed by atoms with van der Waals surface area (Å²) in [4.78, 5) is 26.3. The van der Waals surface area contributed by atoms with E-state index in [1.54, 1.807) is 30.3 Å². The largest absolute Gasteiger partial charge is 0.491 e. The summed E-state index contributed by atoms with van der Waals surface area (Å²) in [6, 6.07) is 20.1. The summed E-state index contributed by atoms with van der Waals surface area (Å²) in [5.41, 5.74) is 1.83. The normalized spacial score (nSPS) is 12.1. The smallest absolute Gasteiger partial charge is 0.268 e. The average molecular weight is 421 g/mol. The van der Waals surface area contributed by atoms with E-state index in [0.717, 1.165) is 16.2 Å². The monoisotopic (exact) mass is 420 g/mol. The minimum atomic E-state index is -0.368. The van der Waals surface area contributed by atoms with E-state index in [1.165, 1.54) is 11.3 Å². The Labute approximate surface area is 180 Å². The molecule has 2 N–H and O–H groups in total. The van der Waals surface area contributed by atoms with Crippen LogP contribution in [0.5, 0.6) is 5.75 Å². The highest BCUT2D eigenvalue weighted by Gasteiger charge is 2.17. The van der Waals surface area contributed by atoms with Crippen molar-refractivity contribution < 1.29 is 14.3 Å². The Morgan fingerprint density at radius 3 is 2.43 bits per heavy atom. The molecule has 6 heteroatoms. The van der Waals surface area contributed by atoms with Gasteiger partial charge in [-0.05, 0) is 55.6 Å². The Hall–Kier alpha value is -3.38. The second kappa shape index (κ2) is 10.4. The van der Waals surface area contributed by atoms with Crippen LogP contribution < -0.4 is 15.4 Å². The van der Waals surface area contributed by atoms with Crippen LogP contribution in [0.4, 0.5) is 0 Å². The number of hydrogen-bond acceptors (Lipinski definition) is 4. The fraction of sp³-hybridized carbons (Fsp3) is 0.167. The summed E-state index contributed by atoms with van der Waals surface area (Å²) < 4.78 is 5.74. The van der Waals surface area contributed by atoms with Crippen LogP contribution in [0.15, 0.2) is 77.8 Å². The first-order valence-electron chi connectivity index (χ1n) is 9.63. The Morgan fingerprint density at radius 2 is 1.77 bits per heavy atom. The predicted octanol–water partition coefficient (Wildman–Crippen LogP) is 4.41. The van der Waals surface area contributed by atoms with E-state index in [0.29, 0.717) is 12.2 Å². The number of thiophene rings is 1. The number of rotatable bonds is 8. The summed E-state index contributed by atoms with van der Waals surface area (Å²) in [6.07, 6.45) is 1.67. The second-order valence-corrected chi connectivity index (χ2v) is 7.87. The Bertz CT molecular complexity index is 997. The molecule has 0 saturated carbocycles. The van der Waals surface area contributed by atoms with E-state index >= 15 is 0 Å². The van der Waals surface area contributed by atoms with Crippen molar-refractivity contribution >= 4 is 29.2 Å². The van der Waals surface area contributed by atoms with Crippen molar-refractivity contribution in [1.82, 2.24) is 10.6 Å². The van der Waals surface area contributed by atoms with Gasteiger partial charge in [-0.1, -0.05) is 42.0 Å². The third-order valence-electron chi connectivity index (χ3n) is 4.26. The topological polar surface area (TPSA) is 67.4 Å². The van der Waals surface area contributed by atoms with Gasteiger partial charge in [0.15, 0.2) is 0 Å². The number of aryl methyl sites for hydroxylation is 1. The zero-order chi connectivity index (χ0) is 21.3. The average Bonchev–Trinajstić information content (AvgIpc) is 3.26. The molecular weight excluding hydrogens is 396 g/mol. The predicted molar refractivity (Wildman–Crippen MR) is 120 cm³/mol. The van der Waals surface area contributed by atoms with Crippen molar-refractivity contribution in [2.45, 2.75) is 19.9 Å². The maximum absolute atomic E-state index is 12.9. The van der Waals surface area contributed by atoms with E-state index in [9.17, 15) is 9.59 Å². The highest BCUT2D eigenvalue weighted by Crippen LogP contribution is 2.14. The Kier molecular flexibility index (Phi) is 7.40. The van der Waals surface area contributed by atoms with Crippen LogP contribution in [0.25, 0.3) is 6.08 Å². The first kappa shape index (κ1) is 21.3. The molecule has 2 aromatic carbocycles. The minimum Gasteiger partial charge on any atom is -0.491 e. The quantitative estimate of drug-likeness (QED) is 0.531. The van der Waals surface area contributed by atoms with Gasteiger partial charge in [-0.15, -0.1) is 11.3 Å². The van der Waals surface area contributed by atoms with Crippen molar-refractivity contribution in [3.05, 3.63) is 93.8 Å². The van der Waals surface area contributed by atoms with Gasteiger partial charge in [0.05, 0.1) is 6.04 Å². The van der Waals surface area contributed by atoms with Crippen LogP contribution in [-0.2, 0) is 4.79 Å². The SMILES string of the molecule is Cc1ccc(OC[C@@H](C)NC(=O)/C(=C/c2cccs2)NC(=O)c2ccccc2)cc1. The van der Waals surface area contributed by atoms with Crippen molar-refractivity contribution in [3.63, 3.8) is 0 Å². The summed E-state index contributed by atoms with van der Waals surface area (Å²) in [5.74, 6) is 0.0400. The lowest BCUT2D eigenvalue weighted by atomic mass is 10.2. The fourth-order valence-electron chi connectivity index (χ4n) is 2.66. The molecule has 0 radical (unpaired) electrons. The number of benzene rings is 2. The first-order valence-corrected chi connectivity index (χ1v) is 10.5. The summed E-state index contributed by atoms with van der Waals surface area (Å²) >= 11 is 1.49. The van der Waals surface area contributed by atoms with E-state index in [4.69, 9.17) is 4.74 Å². The van der Waals surface area contributed by atoms with Crippen molar-refractivity contribution in [1.29, 1.82) is 0 Å². The molecule has 3 aromatic rings. The van der Waals surface area contributed by atoms with Crippen molar-refractivity contribution in [2.75, 3.05) is 6.61 Å². The van der Waals surface area contributed by atoms with Gasteiger partial charge in [0.25, 0.3) is 11.8 Å². The number of carbonyl (C=O) groups is 2. The van der Waals surface area contributed by atoms with Gasteiger partial charge in [0, 0.05) is 10.4 Å². The van der Waals surface area contributed by atoms with Gasteiger partial charge in [-0.3, -0.25) is 9.59 Å². The van der Waals surface area contributed by atoms with Gasteiger partial charge in [0.1, 0.15) is 18.1 Å². The molecule has 0 aliphatic rings. The molecule has 0 bridgehead atoms. The van der Waals surface area contributed by atoms with E-state index in [-0.39, 0.29) is 23.6 Å². The number of amides is 2. The molecule has 0 aliphatic heterocycles.